The fourth-order valence-corrected chi connectivity index (χ4v) is 3.16. The zero-order valence-corrected chi connectivity index (χ0v) is 14.6. The third-order valence-electron chi connectivity index (χ3n) is 3.32. The molecule has 0 spiro atoms. The molecular formula is C17H10N2O5S2. The molecule has 1 aliphatic rings. The fourth-order valence-electron chi connectivity index (χ4n) is 2.12. The van der Waals surface area contributed by atoms with Crippen LogP contribution in [0.5, 0.6) is 5.75 Å². The van der Waals surface area contributed by atoms with Gasteiger partial charge in [-0.1, -0.05) is 42.2 Å². The van der Waals surface area contributed by atoms with Crippen molar-refractivity contribution in [3.8, 4) is 5.75 Å². The van der Waals surface area contributed by atoms with Gasteiger partial charge in [0, 0.05) is 12.1 Å². The Bertz CT molecular complexity index is 954. The zero-order chi connectivity index (χ0) is 18.7. The minimum absolute atomic E-state index is 0.0814. The third-order valence-corrected chi connectivity index (χ3v) is 4.49. The first-order chi connectivity index (χ1) is 12.4. The summed E-state index contributed by atoms with van der Waals surface area (Å²) in [5, 5.41) is 13.3. The highest BCUT2D eigenvalue weighted by Crippen LogP contribution is 2.26. The van der Waals surface area contributed by atoms with Crippen molar-refractivity contribution in [1.82, 2.24) is 5.32 Å². The van der Waals surface area contributed by atoms with Crippen molar-refractivity contribution in [3.05, 3.63) is 74.7 Å². The number of esters is 1. The summed E-state index contributed by atoms with van der Waals surface area (Å²) in [7, 11) is 0. The lowest BCUT2D eigenvalue weighted by molar-refractivity contribution is -0.384. The van der Waals surface area contributed by atoms with E-state index in [-0.39, 0.29) is 22.9 Å². The molecule has 0 aliphatic carbocycles. The summed E-state index contributed by atoms with van der Waals surface area (Å²) < 4.78 is 5.62. The number of thiocarbonyl (C=S) groups is 1. The lowest BCUT2D eigenvalue weighted by Crippen LogP contribution is -2.17. The highest BCUT2D eigenvalue weighted by atomic mass is 32.2. The van der Waals surface area contributed by atoms with Crippen LogP contribution in [0.2, 0.25) is 0 Å². The lowest BCUT2D eigenvalue weighted by atomic mass is 10.2. The Labute approximate surface area is 157 Å². The van der Waals surface area contributed by atoms with Gasteiger partial charge in [0.15, 0.2) is 0 Å². The van der Waals surface area contributed by atoms with E-state index in [4.69, 9.17) is 17.0 Å². The normalized spacial score (nSPS) is 15.0. The fraction of sp³-hybridized carbons (Fsp3) is 0. The maximum Gasteiger partial charge on any atom is 0.343 e. The number of hydrogen-bond donors (Lipinski definition) is 1. The summed E-state index contributed by atoms with van der Waals surface area (Å²) in [5.74, 6) is -0.667. The number of benzene rings is 2. The second-order valence-electron chi connectivity index (χ2n) is 5.12. The van der Waals surface area contributed by atoms with E-state index in [1.165, 1.54) is 30.0 Å². The molecule has 130 valence electrons. The highest BCUT2D eigenvalue weighted by molar-refractivity contribution is 8.26. The first-order valence-electron chi connectivity index (χ1n) is 7.24. The Kier molecular flexibility index (Phi) is 5.10. The topological polar surface area (TPSA) is 98.5 Å². The van der Waals surface area contributed by atoms with Crippen LogP contribution >= 0.6 is 24.0 Å². The molecule has 1 heterocycles. The number of carbonyl (C=O) groups is 2. The molecule has 0 aromatic heterocycles. The van der Waals surface area contributed by atoms with Gasteiger partial charge in [-0.05, 0) is 29.8 Å². The number of ether oxygens (including phenoxy) is 1. The van der Waals surface area contributed by atoms with Gasteiger partial charge >= 0.3 is 5.97 Å². The van der Waals surface area contributed by atoms with Gasteiger partial charge in [0.25, 0.3) is 11.6 Å². The van der Waals surface area contributed by atoms with Gasteiger partial charge in [-0.25, -0.2) is 4.79 Å². The predicted molar refractivity (Wildman–Crippen MR) is 101 cm³/mol. The number of carbonyl (C=O) groups excluding carboxylic acids is 2. The molecule has 1 saturated heterocycles. The van der Waals surface area contributed by atoms with Crippen LogP contribution in [0.15, 0.2) is 53.4 Å². The molecule has 1 aliphatic heterocycles. The van der Waals surface area contributed by atoms with Crippen molar-refractivity contribution in [2.24, 2.45) is 0 Å². The van der Waals surface area contributed by atoms with E-state index in [2.05, 4.69) is 5.32 Å². The molecule has 1 N–H and O–H groups in total. The van der Waals surface area contributed by atoms with E-state index < -0.39 is 10.9 Å². The molecule has 1 amide bonds. The van der Waals surface area contributed by atoms with Crippen molar-refractivity contribution in [2.75, 3.05) is 0 Å². The Morgan fingerprint density at radius 1 is 1.23 bits per heavy atom. The standard InChI is InChI=1S/C17H10N2O5S2/c20-15-14(26-17(25)18-15)8-10-4-6-13(7-5-10)24-16(21)11-2-1-3-12(9-11)19(22)23/h1-9H,(H,18,20,25)/b14-8-. The first-order valence-corrected chi connectivity index (χ1v) is 8.46. The molecule has 0 bridgehead atoms. The average molecular weight is 386 g/mol. The molecule has 0 radical (unpaired) electrons. The minimum atomic E-state index is -0.698. The molecular weight excluding hydrogens is 376 g/mol. The van der Waals surface area contributed by atoms with Crippen LogP contribution in [0.25, 0.3) is 6.08 Å². The summed E-state index contributed by atoms with van der Waals surface area (Å²) in [5.41, 5.74) is 0.632. The SMILES string of the molecule is O=C1NC(=S)S/C1=C\c1ccc(OC(=O)c2cccc([N+](=O)[O-])c2)cc1. The number of rotatable bonds is 4. The van der Waals surface area contributed by atoms with Gasteiger partial charge in [0.1, 0.15) is 10.1 Å². The van der Waals surface area contributed by atoms with Crippen molar-refractivity contribution < 1.29 is 19.2 Å². The molecule has 0 atom stereocenters. The predicted octanol–water partition coefficient (Wildman–Crippen LogP) is 3.30. The van der Waals surface area contributed by atoms with Crippen LogP contribution in [-0.4, -0.2) is 21.1 Å². The largest absolute Gasteiger partial charge is 0.423 e. The average Bonchev–Trinajstić information content (AvgIpc) is 2.94. The van der Waals surface area contributed by atoms with E-state index in [0.717, 1.165) is 11.6 Å². The van der Waals surface area contributed by atoms with Crippen molar-refractivity contribution in [3.63, 3.8) is 0 Å². The number of amides is 1. The van der Waals surface area contributed by atoms with E-state index >= 15 is 0 Å². The molecule has 0 saturated carbocycles. The summed E-state index contributed by atoms with van der Waals surface area (Å²) >= 11 is 6.10. The summed E-state index contributed by atoms with van der Waals surface area (Å²) in [6.07, 6.45) is 1.67. The Morgan fingerprint density at radius 2 is 1.96 bits per heavy atom. The molecule has 1 fully saturated rings. The van der Waals surface area contributed by atoms with Gasteiger partial charge in [-0.3, -0.25) is 14.9 Å². The maximum atomic E-state index is 12.1. The highest BCUT2D eigenvalue weighted by Gasteiger charge is 2.21. The van der Waals surface area contributed by atoms with Crippen molar-refractivity contribution in [2.45, 2.75) is 0 Å². The smallest absolute Gasteiger partial charge is 0.343 e. The van der Waals surface area contributed by atoms with Crippen LogP contribution in [0.3, 0.4) is 0 Å². The quantitative estimate of drug-likeness (QED) is 0.215. The maximum absolute atomic E-state index is 12.1. The molecule has 26 heavy (non-hydrogen) atoms. The molecule has 0 unspecified atom stereocenters. The number of nitrogens with one attached hydrogen (secondary N) is 1. The van der Waals surface area contributed by atoms with E-state index in [1.54, 1.807) is 30.3 Å². The summed E-state index contributed by atoms with van der Waals surface area (Å²) in [6.45, 7) is 0. The first kappa shape index (κ1) is 17.8. The van der Waals surface area contributed by atoms with Gasteiger partial charge in [0.05, 0.1) is 15.4 Å². The minimum Gasteiger partial charge on any atom is -0.423 e. The number of nitro benzene ring substituents is 1. The van der Waals surface area contributed by atoms with Crippen LogP contribution in [-0.2, 0) is 4.79 Å². The van der Waals surface area contributed by atoms with Crippen LogP contribution in [0.4, 0.5) is 5.69 Å². The van der Waals surface area contributed by atoms with Crippen LogP contribution in [0.1, 0.15) is 15.9 Å². The number of hydrogen-bond acceptors (Lipinski definition) is 7. The number of non-ortho nitro benzene ring substituents is 1. The van der Waals surface area contributed by atoms with Crippen LogP contribution in [0, 0.1) is 10.1 Å². The van der Waals surface area contributed by atoms with Gasteiger partial charge in [0.2, 0.25) is 0 Å². The van der Waals surface area contributed by atoms with E-state index in [9.17, 15) is 19.7 Å². The molecule has 2 aromatic carbocycles. The Hall–Kier alpha value is -3.04. The second-order valence-corrected chi connectivity index (χ2v) is 6.84. The number of thioether (sulfide) groups is 1. The summed E-state index contributed by atoms with van der Waals surface area (Å²) in [6, 6.07) is 11.8. The summed E-state index contributed by atoms with van der Waals surface area (Å²) in [4.78, 5) is 34.4. The van der Waals surface area contributed by atoms with Crippen LogP contribution < -0.4 is 10.1 Å². The monoisotopic (exact) mass is 386 g/mol. The molecule has 3 rings (SSSR count). The number of nitro groups is 1. The van der Waals surface area contributed by atoms with E-state index in [0.29, 0.717) is 9.23 Å². The van der Waals surface area contributed by atoms with Gasteiger partial charge < -0.3 is 10.1 Å². The van der Waals surface area contributed by atoms with E-state index in [1.807, 2.05) is 0 Å². The second kappa shape index (κ2) is 7.46. The van der Waals surface area contributed by atoms with Gasteiger partial charge in [-0.2, -0.15) is 0 Å². The Balaban J connectivity index is 1.71. The lowest BCUT2D eigenvalue weighted by Gasteiger charge is -2.05. The van der Waals surface area contributed by atoms with Gasteiger partial charge in [-0.15, -0.1) is 0 Å². The van der Waals surface area contributed by atoms with Crippen molar-refractivity contribution >= 4 is 51.9 Å². The zero-order valence-electron chi connectivity index (χ0n) is 13.0. The molecule has 9 heteroatoms. The van der Waals surface area contributed by atoms with Crippen molar-refractivity contribution in [1.29, 1.82) is 0 Å². The Morgan fingerprint density at radius 3 is 2.58 bits per heavy atom. The third kappa shape index (κ3) is 4.13. The number of nitrogens with zero attached hydrogens (tertiary/aromatic N) is 1. The molecule has 2 aromatic rings. The molecule has 7 nitrogen and oxygen atoms in total.